The molecule has 0 heterocycles. The fourth-order valence-electron chi connectivity index (χ4n) is 1.15. The second-order valence-corrected chi connectivity index (χ2v) is 3.52. The van der Waals surface area contributed by atoms with Crippen LogP contribution in [0.15, 0.2) is 24.3 Å². The highest BCUT2D eigenvalue weighted by molar-refractivity contribution is 6.30. The van der Waals surface area contributed by atoms with E-state index in [1.165, 1.54) is 0 Å². The van der Waals surface area contributed by atoms with E-state index in [1.54, 1.807) is 0 Å². The summed E-state index contributed by atoms with van der Waals surface area (Å²) in [5, 5.41) is 0.702. The molecule has 1 aromatic rings. The molecule has 0 aliphatic heterocycles. The van der Waals surface area contributed by atoms with Crippen LogP contribution < -0.4 is 5.73 Å². The first-order valence-corrected chi connectivity index (χ1v) is 4.64. The largest absolute Gasteiger partial charge is 0.330 e. The van der Waals surface area contributed by atoms with E-state index in [0.717, 1.165) is 5.56 Å². The Labute approximate surface area is 82.7 Å². The van der Waals surface area contributed by atoms with Gasteiger partial charge in [0.2, 0.25) is 0 Å². The molecule has 1 rings (SSSR count). The lowest BCUT2D eigenvalue weighted by Crippen LogP contribution is -2.18. The average Bonchev–Trinajstić information content (AvgIpc) is 2.17. The van der Waals surface area contributed by atoms with E-state index in [1.807, 2.05) is 24.3 Å². The highest BCUT2D eigenvalue weighted by Crippen LogP contribution is 2.13. The zero-order valence-corrected chi connectivity index (χ0v) is 8.10. The highest BCUT2D eigenvalue weighted by Gasteiger charge is 2.06. The predicted molar refractivity (Wildman–Crippen MR) is 53.7 cm³/mol. The van der Waals surface area contributed by atoms with Crippen molar-refractivity contribution in [2.75, 3.05) is 13.2 Å². The van der Waals surface area contributed by atoms with Crippen molar-refractivity contribution in [1.29, 1.82) is 0 Å². The number of nitrogens with two attached hydrogens (primary N) is 1. The summed E-state index contributed by atoms with van der Waals surface area (Å²) >= 11 is 5.72. The van der Waals surface area contributed by atoms with E-state index in [2.05, 4.69) is 0 Å². The van der Waals surface area contributed by atoms with Crippen LogP contribution in [-0.2, 0) is 6.42 Å². The normalized spacial score (nSPS) is 12.8. The second kappa shape index (κ2) is 5.20. The summed E-state index contributed by atoms with van der Waals surface area (Å²) < 4.78 is 12.3. The van der Waals surface area contributed by atoms with Gasteiger partial charge in [0.25, 0.3) is 0 Å². The molecule has 1 unspecified atom stereocenters. The first kappa shape index (κ1) is 10.5. The maximum absolute atomic E-state index is 12.3. The molecule has 0 fully saturated rings. The summed E-state index contributed by atoms with van der Waals surface area (Å²) in [7, 11) is 0. The van der Waals surface area contributed by atoms with E-state index < -0.39 is 0 Å². The molecule has 0 saturated heterocycles. The molecule has 2 N–H and O–H groups in total. The molecule has 0 saturated carbocycles. The molecule has 1 atom stereocenters. The molecule has 0 amide bonds. The Hall–Kier alpha value is -0.600. The molecular formula is C10H13ClFN. The Balaban J connectivity index is 2.58. The monoisotopic (exact) mass is 201 g/mol. The Bertz CT molecular complexity index is 244. The van der Waals surface area contributed by atoms with E-state index in [0.29, 0.717) is 18.0 Å². The molecule has 0 aromatic heterocycles. The molecule has 0 aliphatic rings. The molecule has 3 heteroatoms. The van der Waals surface area contributed by atoms with Gasteiger partial charge in [-0.25, -0.2) is 0 Å². The third kappa shape index (κ3) is 3.33. The molecule has 0 radical (unpaired) electrons. The molecular weight excluding hydrogens is 189 g/mol. The van der Waals surface area contributed by atoms with Crippen molar-refractivity contribution in [2.45, 2.75) is 6.42 Å². The van der Waals surface area contributed by atoms with Crippen LogP contribution >= 0.6 is 11.6 Å². The van der Waals surface area contributed by atoms with Gasteiger partial charge < -0.3 is 5.73 Å². The highest BCUT2D eigenvalue weighted by atomic mass is 35.5. The number of hydrogen-bond acceptors (Lipinski definition) is 1. The smallest absolute Gasteiger partial charge is 0.0937 e. The predicted octanol–water partition coefficient (Wildman–Crippen LogP) is 2.43. The van der Waals surface area contributed by atoms with Crippen molar-refractivity contribution in [3.63, 3.8) is 0 Å². The first-order chi connectivity index (χ1) is 6.26. The summed E-state index contributed by atoms with van der Waals surface area (Å²) in [5.41, 5.74) is 6.48. The van der Waals surface area contributed by atoms with E-state index in [4.69, 9.17) is 17.3 Å². The van der Waals surface area contributed by atoms with Crippen molar-refractivity contribution < 1.29 is 4.39 Å². The molecule has 1 nitrogen and oxygen atoms in total. The minimum absolute atomic E-state index is 0.0684. The zero-order chi connectivity index (χ0) is 9.68. The van der Waals surface area contributed by atoms with Crippen LogP contribution in [0, 0.1) is 5.92 Å². The van der Waals surface area contributed by atoms with Gasteiger partial charge in [0.1, 0.15) is 0 Å². The quantitative estimate of drug-likeness (QED) is 0.796. The molecule has 0 aliphatic carbocycles. The lowest BCUT2D eigenvalue weighted by Gasteiger charge is -2.09. The lowest BCUT2D eigenvalue weighted by atomic mass is 10.0. The van der Waals surface area contributed by atoms with Gasteiger partial charge in [0, 0.05) is 10.9 Å². The van der Waals surface area contributed by atoms with Gasteiger partial charge in [-0.2, -0.15) is 0 Å². The van der Waals surface area contributed by atoms with Gasteiger partial charge in [0.15, 0.2) is 0 Å². The fourth-order valence-corrected chi connectivity index (χ4v) is 1.28. The summed E-state index contributed by atoms with van der Waals surface area (Å²) in [6, 6.07) is 7.42. The van der Waals surface area contributed by atoms with E-state index in [9.17, 15) is 4.39 Å². The van der Waals surface area contributed by atoms with Gasteiger partial charge in [-0.3, -0.25) is 4.39 Å². The Morgan fingerprint density at radius 2 is 1.92 bits per heavy atom. The topological polar surface area (TPSA) is 26.0 Å². The second-order valence-electron chi connectivity index (χ2n) is 3.09. The van der Waals surface area contributed by atoms with Crippen LogP contribution in [0.5, 0.6) is 0 Å². The van der Waals surface area contributed by atoms with Gasteiger partial charge in [-0.05, 0) is 30.7 Å². The number of alkyl halides is 1. The molecule has 13 heavy (non-hydrogen) atoms. The van der Waals surface area contributed by atoms with Gasteiger partial charge in [-0.1, -0.05) is 23.7 Å². The Kier molecular flexibility index (Phi) is 4.19. The number of rotatable bonds is 4. The summed E-state index contributed by atoms with van der Waals surface area (Å²) in [6.45, 7) is 0.0260. The molecule has 72 valence electrons. The first-order valence-electron chi connectivity index (χ1n) is 4.26. The van der Waals surface area contributed by atoms with Crippen LogP contribution in [-0.4, -0.2) is 13.2 Å². The van der Waals surface area contributed by atoms with Crippen LogP contribution in [0.2, 0.25) is 5.02 Å². The average molecular weight is 202 g/mol. The third-order valence-electron chi connectivity index (χ3n) is 1.99. The van der Waals surface area contributed by atoms with Crippen molar-refractivity contribution in [3.8, 4) is 0 Å². The summed E-state index contributed by atoms with van der Waals surface area (Å²) in [5.74, 6) is -0.0684. The lowest BCUT2D eigenvalue weighted by molar-refractivity contribution is 0.365. The van der Waals surface area contributed by atoms with Gasteiger partial charge in [-0.15, -0.1) is 0 Å². The number of benzene rings is 1. The van der Waals surface area contributed by atoms with E-state index in [-0.39, 0.29) is 12.6 Å². The van der Waals surface area contributed by atoms with Crippen molar-refractivity contribution >= 4 is 11.6 Å². The van der Waals surface area contributed by atoms with Crippen molar-refractivity contribution in [1.82, 2.24) is 0 Å². The summed E-state index contributed by atoms with van der Waals surface area (Å²) in [4.78, 5) is 0. The van der Waals surface area contributed by atoms with Crippen LogP contribution in [0.3, 0.4) is 0 Å². The minimum atomic E-state index is -0.362. The van der Waals surface area contributed by atoms with Crippen LogP contribution in [0.25, 0.3) is 0 Å². The fraction of sp³-hybridized carbons (Fsp3) is 0.400. The maximum atomic E-state index is 12.3. The zero-order valence-electron chi connectivity index (χ0n) is 7.34. The van der Waals surface area contributed by atoms with Crippen molar-refractivity contribution in [2.24, 2.45) is 11.7 Å². The van der Waals surface area contributed by atoms with Crippen molar-refractivity contribution in [3.05, 3.63) is 34.9 Å². The van der Waals surface area contributed by atoms with Gasteiger partial charge >= 0.3 is 0 Å². The SMILES string of the molecule is NCC(CF)Cc1ccc(Cl)cc1. The third-order valence-corrected chi connectivity index (χ3v) is 2.24. The Morgan fingerprint density at radius 1 is 1.31 bits per heavy atom. The number of halogens is 2. The summed E-state index contributed by atoms with van der Waals surface area (Å²) in [6.07, 6.45) is 0.685. The van der Waals surface area contributed by atoms with Crippen LogP contribution in [0.4, 0.5) is 4.39 Å². The number of hydrogen-bond donors (Lipinski definition) is 1. The molecule has 1 aromatic carbocycles. The molecule has 0 spiro atoms. The Morgan fingerprint density at radius 3 is 2.38 bits per heavy atom. The maximum Gasteiger partial charge on any atom is 0.0937 e. The van der Waals surface area contributed by atoms with Crippen LogP contribution in [0.1, 0.15) is 5.56 Å². The standard InChI is InChI=1S/C10H13ClFN/c11-10-3-1-8(2-4-10)5-9(6-12)7-13/h1-4,9H,5-7,13H2. The van der Waals surface area contributed by atoms with Gasteiger partial charge in [0.05, 0.1) is 6.67 Å². The van der Waals surface area contributed by atoms with E-state index >= 15 is 0 Å². The molecule has 0 bridgehead atoms. The minimum Gasteiger partial charge on any atom is -0.330 e.